The van der Waals surface area contributed by atoms with Gasteiger partial charge in [-0.05, 0) is 24.3 Å². The maximum absolute atomic E-state index is 9.58. The van der Waals surface area contributed by atoms with Crippen LogP contribution in [0.2, 0.25) is 5.02 Å². The minimum Gasteiger partial charge on any atom is -0.387 e. The summed E-state index contributed by atoms with van der Waals surface area (Å²) in [6.45, 7) is 0. The minimum atomic E-state index is -1.30. The maximum atomic E-state index is 9.58. The second-order valence-electron chi connectivity index (χ2n) is 3.81. The van der Waals surface area contributed by atoms with Gasteiger partial charge >= 0.3 is 0 Å². The SMILES string of the molecule is OC1O[C@H](CSc2ccc(Cl)cc2)[C@@H](O)[C@H]1O. The van der Waals surface area contributed by atoms with Crippen molar-refractivity contribution in [2.45, 2.75) is 29.5 Å². The van der Waals surface area contributed by atoms with Gasteiger partial charge in [0.2, 0.25) is 0 Å². The van der Waals surface area contributed by atoms with Crippen molar-refractivity contribution in [1.82, 2.24) is 0 Å². The highest BCUT2D eigenvalue weighted by Crippen LogP contribution is 2.27. The lowest BCUT2D eigenvalue weighted by molar-refractivity contribution is -0.123. The fourth-order valence-electron chi connectivity index (χ4n) is 1.58. The molecule has 1 unspecified atom stereocenters. The van der Waals surface area contributed by atoms with E-state index in [-0.39, 0.29) is 0 Å². The molecule has 94 valence electrons. The van der Waals surface area contributed by atoms with Crippen LogP contribution in [0.4, 0.5) is 0 Å². The lowest BCUT2D eigenvalue weighted by Gasteiger charge is -2.13. The predicted molar refractivity (Wildman–Crippen MR) is 65.1 cm³/mol. The molecule has 4 atom stereocenters. The quantitative estimate of drug-likeness (QED) is 0.715. The molecule has 1 aliphatic rings. The van der Waals surface area contributed by atoms with Crippen LogP contribution in [0.5, 0.6) is 0 Å². The first kappa shape index (κ1) is 13.1. The van der Waals surface area contributed by atoms with Gasteiger partial charge in [-0.15, -0.1) is 11.8 Å². The molecule has 1 saturated heterocycles. The van der Waals surface area contributed by atoms with Crippen LogP contribution >= 0.6 is 23.4 Å². The Morgan fingerprint density at radius 3 is 2.29 bits per heavy atom. The van der Waals surface area contributed by atoms with Crippen molar-refractivity contribution in [2.24, 2.45) is 0 Å². The summed E-state index contributed by atoms with van der Waals surface area (Å²) in [7, 11) is 0. The molecule has 1 aliphatic heterocycles. The summed E-state index contributed by atoms with van der Waals surface area (Å²) >= 11 is 7.23. The molecule has 1 heterocycles. The van der Waals surface area contributed by atoms with E-state index in [4.69, 9.17) is 16.3 Å². The molecule has 1 fully saturated rings. The number of ether oxygens (including phenoxy) is 1. The van der Waals surface area contributed by atoms with E-state index in [0.29, 0.717) is 10.8 Å². The van der Waals surface area contributed by atoms with Gasteiger partial charge in [0.05, 0.1) is 6.10 Å². The number of hydrogen-bond acceptors (Lipinski definition) is 5. The number of thioether (sulfide) groups is 1. The van der Waals surface area contributed by atoms with E-state index in [0.717, 1.165) is 4.90 Å². The highest BCUT2D eigenvalue weighted by Gasteiger charge is 2.41. The fraction of sp³-hybridized carbons (Fsp3) is 0.455. The normalized spacial score (nSPS) is 32.9. The number of aliphatic hydroxyl groups is 3. The van der Waals surface area contributed by atoms with Gasteiger partial charge in [-0.2, -0.15) is 0 Å². The van der Waals surface area contributed by atoms with Crippen molar-refractivity contribution in [3.05, 3.63) is 29.3 Å². The Kier molecular flexibility index (Phi) is 4.30. The molecule has 0 amide bonds. The van der Waals surface area contributed by atoms with Crippen molar-refractivity contribution in [3.8, 4) is 0 Å². The van der Waals surface area contributed by atoms with E-state index >= 15 is 0 Å². The molecule has 4 nitrogen and oxygen atoms in total. The highest BCUT2D eigenvalue weighted by atomic mass is 35.5. The van der Waals surface area contributed by atoms with Gasteiger partial charge in [-0.3, -0.25) is 0 Å². The van der Waals surface area contributed by atoms with Crippen LogP contribution in [0, 0.1) is 0 Å². The van der Waals surface area contributed by atoms with Gasteiger partial charge in [-0.25, -0.2) is 0 Å². The average Bonchev–Trinajstić information content (AvgIpc) is 2.56. The Balaban J connectivity index is 1.88. The number of rotatable bonds is 3. The molecule has 0 spiro atoms. The summed E-state index contributed by atoms with van der Waals surface area (Å²) in [5.74, 6) is 0.455. The molecule has 0 aromatic heterocycles. The molecule has 6 heteroatoms. The molecule has 1 aromatic carbocycles. The smallest absolute Gasteiger partial charge is 0.183 e. The van der Waals surface area contributed by atoms with E-state index < -0.39 is 24.6 Å². The molecule has 0 bridgehead atoms. The molecule has 3 N–H and O–H groups in total. The monoisotopic (exact) mass is 276 g/mol. The Bertz CT molecular complexity index is 372. The van der Waals surface area contributed by atoms with Crippen LogP contribution in [0.15, 0.2) is 29.2 Å². The van der Waals surface area contributed by atoms with E-state index in [1.165, 1.54) is 11.8 Å². The molecular weight excluding hydrogens is 264 g/mol. The standard InChI is InChI=1S/C11H13ClO4S/c12-6-1-3-7(4-2-6)17-5-8-9(13)10(14)11(15)16-8/h1-4,8-11,13-15H,5H2/t8-,9-,10-,11?/m1/s1. The van der Waals surface area contributed by atoms with Crippen LogP contribution in [0.25, 0.3) is 0 Å². The second kappa shape index (κ2) is 5.56. The Labute approximate surface area is 108 Å². The van der Waals surface area contributed by atoms with E-state index in [1.807, 2.05) is 12.1 Å². The second-order valence-corrected chi connectivity index (χ2v) is 5.34. The Morgan fingerprint density at radius 2 is 1.76 bits per heavy atom. The lowest BCUT2D eigenvalue weighted by Crippen LogP contribution is -2.33. The van der Waals surface area contributed by atoms with Crippen LogP contribution in [0.3, 0.4) is 0 Å². The van der Waals surface area contributed by atoms with Gasteiger partial charge < -0.3 is 20.1 Å². The topological polar surface area (TPSA) is 69.9 Å². The van der Waals surface area contributed by atoms with Gasteiger partial charge in [-0.1, -0.05) is 11.6 Å². The Morgan fingerprint density at radius 1 is 1.12 bits per heavy atom. The summed E-state index contributed by atoms with van der Waals surface area (Å²) < 4.78 is 5.04. The summed E-state index contributed by atoms with van der Waals surface area (Å²) in [6, 6.07) is 7.28. The zero-order valence-electron chi connectivity index (χ0n) is 8.86. The van der Waals surface area contributed by atoms with Gasteiger partial charge in [0.25, 0.3) is 0 Å². The average molecular weight is 277 g/mol. The lowest BCUT2D eigenvalue weighted by atomic mass is 10.2. The van der Waals surface area contributed by atoms with Gasteiger partial charge in [0.15, 0.2) is 6.29 Å². The molecule has 17 heavy (non-hydrogen) atoms. The largest absolute Gasteiger partial charge is 0.387 e. The third-order valence-corrected chi connectivity index (χ3v) is 3.92. The van der Waals surface area contributed by atoms with Crippen molar-refractivity contribution in [2.75, 3.05) is 5.75 Å². The van der Waals surface area contributed by atoms with Crippen molar-refractivity contribution in [3.63, 3.8) is 0 Å². The predicted octanol–water partition coefficient (Wildman–Crippen LogP) is 0.871. The van der Waals surface area contributed by atoms with Gasteiger partial charge in [0.1, 0.15) is 12.2 Å². The summed E-state index contributed by atoms with van der Waals surface area (Å²) in [4.78, 5) is 0.987. The molecule has 2 rings (SSSR count). The van der Waals surface area contributed by atoms with E-state index in [1.54, 1.807) is 12.1 Å². The van der Waals surface area contributed by atoms with Crippen molar-refractivity contribution in [1.29, 1.82) is 0 Å². The molecule has 0 radical (unpaired) electrons. The maximum Gasteiger partial charge on any atom is 0.183 e. The van der Waals surface area contributed by atoms with Gasteiger partial charge in [0, 0.05) is 15.7 Å². The number of hydrogen-bond donors (Lipinski definition) is 3. The first-order chi connectivity index (χ1) is 8.08. The zero-order valence-corrected chi connectivity index (χ0v) is 10.4. The zero-order chi connectivity index (χ0) is 12.4. The third kappa shape index (κ3) is 3.13. The molecule has 0 saturated carbocycles. The van der Waals surface area contributed by atoms with Crippen LogP contribution in [-0.4, -0.2) is 45.7 Å². The number of aliphatic hydroxyl groups excluding tert-OH is 3. The number of benzene rings is 1. The molecule has 1 aromatic rings. The highest BCUT2D eigenvalue weighted by molar-refractivity contribution is 7.99. The third-order valence-electron chi connectivity index (χ3n) is 2.57. The van der Waals surface area contributed by atoms with E-state index in [9.17, 15) is 15.3 Å². The number of halogens is 1. The van der Waals surface area contributed by atoms with Crippen molar-refractivity contribution < 1.29 is 20.1 Å². The van der Waals surface area contributed by atoms with Crippen molar-refractivity contribution >= 4 is 23.4 Å². The first-order valence-corrected chi connectivity index (χ1v) is 6.52. The molecule has 0 aliphatic carbocycles. The Hall–Kier alpha value is -0.300. The van der Waals surface area contributed by atoms with E-state index in [2.05, 4.69) is 0 Å². The summed E-state index contributed by atoms with van der Waals surface area (Å²) in [5.41, 5.74) is 0. The summed E-state index contributed by atoms with van der Waals surface area (Å²) in [5, 5.41) is 28.8. The van der Waals surface area contributed by atoms with Crippen LogP contribution in [0.1, 0.15) is 0 Å². The minimum absolute atomic E-state index is 0.455. The summed E-state index contributed by atoms with van der Waals surface area (Å²) in [6.07, 6.45) is -4.16. The first-order valence-electron chi connectivity index (χ1n) is 5.16. The fourth-order valence-corrected chi connectivity index (χ4v) is 2.66. The van der Waals surface area contributed by atoms with Crippen LogP contribution in [-0.2, 0) is 4.74 Å². The van der Waals surface area contributed by atoms with Crippen LogP contribution < -0.4 is 0 Å². The molecular formula is C11H13ClO4S.